The first-order chi connectivity index (χ1) is 31.3. The van der Waals surface area contributed by atoms with Gasteiger partial charge in [0.25, 0.3) is 18.3 Å². The molecule has 0 spiro atoms. The van der Waals surface area contributed by atoms with Crippen molar-refractivity contribution in [1.82, 2.24) is 43.7 Å². The van der Waals surface area contributed by atoms with Crippen LogP contribution in [0.5, 0.6) is 0 Å². The van der Waals surface area contributed by atoms with Crippen molar-refractivity contribution in [3.8, 4) is 0 Å². The van der Waals surface area contributed by atoms with E-state index in [4.69, 9.17) is 9.72 Å². The maximum Gasteiger partial charge on any atom is 0.329 e. The molecular weight excluding hydrogens is 853 g/mol. The van der Waals surface area contributed by atoms with E-state index in [1.54, 1.807) is 25.4 Å². The van der Waals surface area contributed by atoms with E-state index in [9.17, 15) is 28.0 Å². The first-order valence-corrected chi connectivity index (χ1v) is 22.6. The number of nitrogens with zero attached hydrogens (tertiary/aromatic N) is 10. The van der Waals surface area contributed by atoms with Crippen molar-refractivity contribution in [3.63, 3.8) is 0 Å². The van der Waals surface area contributed by atoms with Gasteiger partial charge in [0.05, 0.1) is 59.9 Å². The summed E-state index contributed by atoms with van der Waals surface area (Å²) in [6, 6.07) is 6.48. The molecule has 5 aromatic rings. The van der Waals surface area contributed by atoms with E-state index in [1.165, 1.54) is 30.7 Å². The van der Waals surface area contributed by atoms with Gasteiger partial charge in [-0.05, 0) is 75.6 Å². The maximum absolute atomic E-state index is 16.0. The standard InChI is InChI=1S/C44H50F4N12O5/c1-54-38-32(3-2-4-33(38)60(43(54)64)34-9-10-36(61)52-42(34)63)56-18-25(19-56)30-11-13-55(23-44(30,47)48)17-24-5-7-26(8-6-24)59-21-31(37(53-59)39(45)46)50-41(62)29-16-49-58-14-12-35(51-40(29)58)57-20-28-15-27(57)22-65-28/h2-4,12,14,16,21,24-28,30,34,39H,5-11,13,15,17-20,22-23H2,1H3,(H,50,62)(H,52,61,63)/t24?,26?,27-,28-,30?,34?/m1/s1. The van der Waals surface area contributed by atoms with Crippen molar-refractivity contribution >= 4 is 51.6 Å². The fraction of sp³-hybridized carbons (Fsp3) is 0.568. The Morgan fingerprint density at radius 1 is 1.03 bits per heavy atom. The van der Waals surface area contributed by atoms with Crippen molar-refractivity contribution in [2.75, 3.05) is 61.0 Å². The van der Waals surface area contributed by atoms with Crippen LogP contribution in [0.1, 0.15) is 85.9 Å². The van der Waals surface area contributed by atoms with Crippen LogP contribution in [-0.4, -0.2) is 120 Å². The van der Waals surface area contributed by atoms with E-state index >= 15 is 8.78 Å². The number of halogens is 4. The predicted molar refractivity (Wildman–Crippen MR) is 228 cm³/mol. The van der Waals surface area contributed by atoms with Crippen molar-refractivity contribution in [1.29, 1.82) is 0 Å². The molecule has 4 aromatic heterocycles. The number of hydrogen-bond donors (Lipinski definition) is 2. The lowest BCUT2D eigenvalue weighted by atomic mass is 9.76. The number of alkyl halides is 4. The summed E-state index contributed by atoms with van der Waals surface area (Å²) in [6.45, 7) is 2.91. The Morgan fingerprint density at radius 3 is 2.57 bits per heavy atom. The average molecular weight is 903 g/mol. The molecule has 65 heavy (non-hydrogen) atoms. The number of rotatable bonds is 10. The smallest absolute Gasteiger partial charge is 0.329 e. The minimum Gasteiger partial charge on any atom is -0.374 e. The lowest BCUT2D eigenvalue weighted by Crippen LogP contribution is -2.59. The number of anilines is 3. The molecule has 21 heteroatoms. The molecule has 1 saturated carbocycles. The second kappa shape index (κ2) is 16.0. The van der Waals surface area contributed by atoms with Crippen LogP contribution >= 0.6 is 0 Å². The van der Waals surface area contributed by atoms with Gasteiger partial charge in [-0.2, -0.15) is 10.2 Å². The van der Waals surface area contributed by atoms with E-state index in [-0.39, 0.29) is 72.3 Å². The number of imide groups is 1. The highest BCUT2D eigenvalue weighted by Gasteiger charge is 2.51. The van der Waals surface area contributed by atoms with Gasteiger partial charge in [-0.1, -0.05) is 6.07 Å². The van der Waals surface area contributed by atoms with Gasteiger partial charge >= 0.3 is 5.69 Å². The monoisotopic (exact) mass is 902 g/mol. The molecule has 2 N–H and O–H groups in total. The molecule has 344 valence electrons. The molecule has 5 aliphatic heterocycles. The van der Waals surface area contributed by atoms with E-state index in [0.717, 1.165) is 24.9 Å². The maximum atomic E-state index is 16.0. The van der Waals surface area contributed by atoms with Gasteiger partial charge in [-0.15, -0.1) is 0 Å². The molecule has 2 unspecified atom stereocenters. The number of ether oxygens (including phenoxy) is 1. The summed E-state index contributed by atoms with van der Waals surface area (Å²) in [7, 11) is 1.63. The summed E-state index contributed by atoms with van der Waals surface area (Å²) < 4.78 is 72.3. The van der Waals surface area contributed by atoms with Crippen LogP contribution in [0, 0.1) is 17.8 Å². The minimum absolute atomic E-state index is 0.0807. The normalized spacial score (nSPS) is 27.3. The number of piperidine rings is 2. The van der Waals surface area contributed by atoms with Gasteiger partial charge in [-0.25, -0.2) is 31.9 Å². The number of nitrogens with one attached hydrogen (secondary N) is 2. The van der Waals surface area contributed by atoms with Crippen LogP contribution in [0.3, 0.4) is 0 Å². The Bertz CT molecular complexity index is 2750. The summed E-state index contributed by atoms with van der Waals surface area (Å²) in [6.07, 6.45) is 6.11. The molecule has 5 saturated heterocycles. The Labute approximate surface area is 369 Å². The average Bonchev–Trinajstić information content (AvgIpc) is 4.11. The first kappa shape index (κ1) is 41.8. The summed E-state index contributed by atoms with van der Waals surface area (Å²) in [5.41, 5.74) is 1.41. The lowest BCUT2D eigenvalue weighted by Gasteiger charge is -2.50. The SMILES string of the molecule is Cn1c(=O)n(C2CCC(=O)NC2=O)c2cccc(N3CC(C4CCN(CC5CCC(n6cc(NC(=O)c7cnn8ccc(N9C[C@H]%10C[C@@H]9CO%10)nc78)c(C(F)F)n6)CC5)CC4(F)F)C3)c21. The molecule has 17 nitrogen and oxygen atoms in total. The Kier molecular flexibility index (Phi) is 10.3. The topological polar surface area (TPSA) is 169 Å². The van der Waals surface area contributed by atoms with Crippen LogP contribution in [0.25, 0.3) is 16.7 Å². The highest BCUT2D eigenvalue weighted by Crippen LogP contribution is 2.45. The summed E-state index contributed by atoms with van der Waals surface area (Å²) >= 11 is 0. The van der Waals surface area contributed by atoms with Crippen LogP contribution < -0.4 is 26.1 Å². The van der Waals surface area contributed by atoms with Crippen molar-refractivity contribution in [2.24, 2.45) is 24.8 Å². The van der Waals surface area contributed by atoms with Gasteiger partial charge in [0, 0.05) is 63.9 Å². The number of aryl methyl sites for hydroxylation is 1. The van der Waals surface area contributed by atoms with Gasteiger partial charge in [0.15, 0.2) is 11.3 Å². The molecule has 6 fully saturated rings. The van der Waals surface area contributed by atoms with E-state index in [0.29, 0.717) is 81.1 Å². The van der Waals surface area contributed by atoms with Crippen molar-refractivity contribution < 1.29 is 36.7 Å². The number of imidazole rings is 1. The van der Waals surface area contributed by atoms with Crippen LogP contribution in [0.15, 0.2) is 47.7 Å². The summed E-state index contributed by atoms with van der Waals surface area (Å²) in [5, 5.41) is 13.5. The molecule has 4 atom stereocenters. The molecular formula is C44H50F4N12O5. The molecule has 11 rings (SSSR count). The van der Waals surface area contributed by atoms with Gasteiger partial charge in [0.2, 0.25) is 11.8 Å². The Hall–Kier alpha value is -5.83. The van der Waals surface area contributed by atoms with Gasteiger partial charge < -0.3 is 19.9 Å². The summed E-state index contributed by atoms with van der Waals surface area (Å²) in [5.74, 6) is -4.56. The molecule has 0 radical (unpaired) electrons. The number of hydrogen-bond acceptors (Lipinski definition) is 11. The third kappa shape index (κ3) is 7.34. The van der Waals surface area contributed by atoms with Crippen LogP contribution in [-0.2, 0) is 21.4 Å². The van der Waals surface area contributed by atoms with E-state index in [1.807, 2.05) is 21.9 Å². The largest absolute Gasteiger partial charge is 0.374 e. The second-order valence-corrected chi connectivity index (χ2v) is 18.8. The van der Waals surface area contributed by atoms with Crippen LogP contribution in [0.4, 0.5) is 34.8 Å². The highest BCUT2D eigenvalue weighted by atomic mass is 19.3. The first-order valence-electron chi connectivity index (χ1n) is 22.6. The van der Waals surface area contributed by atoms with Crippen molar-refractivity contribution in [2.45, 2.75) is 87.9 Å². The highest BCUT2D eigenvalue weighted by molar-refractivity contribution is 6.08. The number of benzene rings is 1. The van der Waals surface area contributed by atoms with E-state index < -0.39 is 41.8 Å². The minimum atomic E-state index is -2.93. The van der Waals surface area contributed by atoms with Gasteiger partial charge in [0.1, 0.15) is 17.4 Å². The zero-order chi connectivity index (χ0) is 44.9. The molecule has 2 bridgehead atoms. The number of amides is 3. The molecule has 6 aliphatic rings. The molecule has 1 aromatic carbocycles. The Balaban J connectivity index is 0.691. The summed E-state index contributed by atoms with van der Waals surface area (Å²) in [4.78, 5) is 62.2. The zero-order valence-corrected chi connectivity index (χ0v) is 35.8. The quantitative estimate of drug-likeness (QED) is 0.149. The lowest BCUT2D eigenvalue weighted by molar-refractivity contribution is -0.136. The Morgan fingerprint density at radius 2 is 1.85 bits per heavy atom. The fourth-order valence-electron chi connectivity index (χ4n) is 11.5. The third-order valence-electron chi connectivity index (χ3n) is 14.9. The molecule has 3 amide bonds. The number of carbonyl (C=O) groups excluding carboxylic acids is 3. The fourth-order valence-corrected chi connectivity index (χ4v) is 11.5. The van der Waals surface area contributed by atoms with Gasteiger partial charge in [-0.3, -0.25) is 38.4 Å². The molecule has 9 heterocycles. The second-order valence-electron chi connectivity index (χ2n) is 18.8. The third-order valence-corrected chi connectivity index (χ3v) is 14.9. The van der Waals surface area contributed by atoms with E-state index in [2.05, 4.69) is 25.7 Å². The number of carbonyl (C=O) groups is 3. The zero-order valence-electron chi connectivity index (χ0n) is 35.8. The van der Waals surface area contributed by atoms with Crippen molar-refractivity contribution in [3.05, 3.63) is 64.6 Å². The number of likely N-dealkylation sites (tertiary alicyclic amines) is 1. The predicted octanol–water partition coefficient (Wildman–Crippen LogP) is 4.55. The number of para-hydroxylation sites is 1. The number of morpholine rings is 1. The number of fused-ring (bicyclic) bond motifs is 4. The molecule has 1 aliphatic carbocycles. The van der Waals surface area contributed by atoms with Crippen LogP contribution in [0.2, 0.25) is 0 Å². The number of aromatic nitrogens is 7.